The van der Waals surface area contributed by atoms with E-state index >= 15 is 0 Å². The average molecular weight is 223 g/mol. The summed E-state index contributed by atoms with van der Waals surface area (Å²) in [5.41, 5.74) is 6.89. The summed E-state index contributed by atoms with van der Waals surface area (Å²) in [5.74, 6) is -0.556. The minimum Gasteiger partial charge on any atom is -0.508 e. The van der Waals surface area contributed by atoms with Gasteiger partial charge in [-0.15, -0.1) is 0 Å². The number of aromatic hydroxyl groups is 1. The largest absolute Gasteiger partial charge is 0.508 e. The molecule has 4 heteroatoms. The number of hydrogen-bond acceptors (Lipinski definition) is 3. The molecule has 0 aliphatic heterocycles. The molecule has 1 aromatic carbocycles. The number of carboxylic acid groups (broad SMARTS) is 1. The molecular weight excluding hydrogens is 206 g/mol. The zero-order chi connectivity index (χ0) is 12.0. The molecule has 1 aromatic rings. The van der Waals surface area contributed by atoms with Crippen LogP contribution in [0.5, 0.6) is 5.75 Å². The van der Waals surface area contributed by atoms with Crippen LogP contribution in [0.4, 0.5) is 0 Å². The van der Waals surface area contributed by atoms with Gasteiger partial charge < -0.3 is 15.9 Å². The van der Waals surface area contributed by atoms with Crippen molar-refractivity contribution in [2.75, 3.05) is 0 Å². The third kappa shape index (κ3) is 4.79. The number of aryl methyl sites for hydroxylation is 1. The van der Waals surface area contributed by atoms with Crippen molar-refractivity contribution < 1.29 is 15.0 Å². The molecule has 16 heavy (non-hydrogen) atoms. The lowest BCUT2D eigenvalue weighted by molar-refractivity contribution is -0.137. The second-order valence-corrected chi connectivity index (χ2v) is 3.90. The molecule has 0 heterocycles. The van der Waals surface area contributed by atoms with Crippen LogP contribution >= 0.6 is 0 Å². The van der Waals surface area contributed by atoms with E-state index in [1.165, 1.54) is 0 Å². The van der Waals surface area contributed by atoms with E-state index in [0.717, 1.165) is 18.4 Å². The Balaban J connectivity index is 2.28. The van der Waals surface area contributed by atoms with Crippen LogP contribution in [0.25, 0.3) is 0 Å². The molecule has 0 fully saturated rings. The molecule has 0 saturated heterocycles. The highest BCUT2D eigenvalue weighted by Crippen LogP contribution is 2.12. The van der Waals surface area contributed by atoms with Gasteiger partial charge in [-0.3, -0.25) is 4.79 Å². The second kappa shape index (κ2) is 6.12. The molecule has 1 unspecified atom stereocenters. The number of carbonyl (C=O) groups is 1. The van der Waals surface area contributed by atoms with Crippen LogP contribution in [0, 0.1) is 0 Å². The molecule has 0 saturated carbocycles. The number of hydrogen-bond donors (Lipinski definition) is 3. The van der Waals surface area contributed by atoms with Gasteiger partial charge in [-0.2, -0.15) is 0 Å². The zero-order valence-corrected chi connectivity index (χ0v) is 9.10. The van der Waals surface area contributed by atoms with Crippen molar-refractivity contribution >= 4 is 5.97 Å². The van der Waals surface area contributed by atoms with Crippen molar-refractivity contribution in [2.45, 2.75) is 31.7 Å². The van der Waals surface area contributed by atoms with Crippen LogP contribution in [-0.2, 0) is 11.2 Å². The third-order valence-corrected chi connectivity index (χ3v) is 2.47. The Labute approximate surface area is 94.7 Å². The van der Waals surface area contributed by atoms with Gasteiger partial charge in [0.2, 0.25) is 0 Å². The topological polar surface area (TPSA) is 83.6 Å². The predicted molar refractivity (Wildman–Crippen MR) is 61.3 cm³/mol. The van der Waals surface area contributed by atoms with Gasteiger partial charge in [0.25, 0.3) is 0 Å². The molecule has 0 spiro atoms. The zero-order valence-electron chi connectivity index (χ0n) is 9.10. The van der Waals surface area contributed by atoms with Crippen LogP contribution in [0.3, 0.4) is 0 Å². The van der Waals surface area contributed by atoms with Crippen LogP contribution in [0.1, 0.15) is 24.8 Å². The monoisotopic (exact) mass is 223 g/mol. The normalized spacial score (nSPS) is 12.3. The SMILES string of the molecule is NC(CCC(=O)O)CCc1ccc(O)cc1. The summed E-state index contributed by atoms with van der Waals surface area (Å²) in [6, 6.07) is 6.89. The van der Waals surface area contributed by atoms with E-state index in [2.05, 4.69) is 0 Å². The van der Waals surface area contributed by atoms with E-state index < -0.39 is 5.97 Å². The standard InChI is InChI=1S/C12H17NO3/c13-10(5-8-12(15)16)4-1-9-2-6-11(14)7-3-9/h2-3,6-7,10,14H,1,4-5,8,13H2,(H,15,16). The molecule has 0 radical (unpaired) electrons. The van der Waals surface area contributed by atoms with Crippen molar-refractivity contribution in [1.29, 1.82) is 0 Å². The van der Waals surface area contributed by atoms with Crippen LogP contribution in [0.15, 0.2) is 24.3 Å². The smallest absolute Gasteiger partial charge is 0.303 e. The van der Waals surface area contributed by atoms with Gasteiger partial charge in [-0.25, -0.2) is 0 Å². The number of phenols is 1. The van der Waals surface area contributed by atoms with E-state index in [1.54, 1.807) is 12.1 Å². The molecule has 0 aromatic heterocycles. The fraction of sp³-hybridized carbons (Fsp3) is 0.417. The minimum atomic E-state index is -0.805. The number of carboxylic acids is 1. The Bertz CT molecular complexity index is 335. The molecule has 0 aliphatic rings. The van der Waals surface area contributed by atoms with Crippen LogP contribution < -0.4 is 5.73 Å². The van der Waals surface area contributed by atoms with Crippen LogP contribution in [0.2, 0.25) is 0 Å². The predicted octanol–water partition coefficient (Wildman–Crippen LogP) is 1.52. The molecule has 0 bridgehead atoms. The first-order valence-electron chi connectivity index (χ1n) is 5.33. The van der Waals surface area contributed by atoms with Crippen molar-refractivity contribution in [2.24, 2.45) is 5.73 Å². The highest BCUT2D eigenvalue weighted by molar-refractivity contribution is 5.66. The first kappa shape index (κ1) is 12.5. The van der Waals surface area contributed by atoms with Crippen LogP contribution in [-0.4, -0.2) is 22.2 Å². The molecule has 0 aliphatic carbocycles. The van der Waals surface area contributed by atoms with Gasteiger partial charge in [0.05, 0.1) is 0 Å². The third-order valence-electron chi connectivity index (χ3n) is 2.47. The summed E-state index contributed by atoms with van der Waals surface area (Å²) in [5, 5.41) is 17.6. The Morgan fingerprint density at radius 3 is 2.44 bits per heavy atom. The highest BCUT2D eigenvalue weighted by Gasteiger charge is 2.06. The maximum atomic E-state index is 10.3. The molecule has 4 nitrogen and oxygen atoms in total. The number of aliphatic carboxylic acids is 1. The van der Waals surface area contributed by atoms with Crippen molar-refractivity contribution in [3.05, 3.63) is 29.8 Å². The number of nitrogens with two attached hydrogens (primary N) is 1. The Kier molecular flexibility index (Phi) is 4.79. The summed E-state index contributed by atoms with van der Waals surface area (Å²) in [6.45, 7) is 0. The summed E-state index contributed by atoms with van der Waals surface area (Å²) >= 11 is 0. The van der Waals surface area contributed by atoms with Crippen molar-refractivity contribution in [3.63, 3.8) is 0 Å². The summed E-state index contributed by atoms with van der Waals surface area (Å²) in [7, 11) is 0. The Hall–Kier alpha value is -1.55. The summed E-state index contributed by atoms with van der Waals surface area (Å²) in [4.78, 5) is 10.3. The lowest BCUT2D eigenvalue weighted by Gasteiger charge is -2.09. The highest BCUT2D eigenvalue weighted by atomic mass is 16.4. The van der Waals surface area contributed by atoms with E-state index in [9.17, 15) is 4.79 Å². The van der Waals surface area contributed by atoms with E-state index in [4.69, 9.17) is 15.9 Å². The van der Waals surface area contributed by atoms with E-state index in [-0.39, 0.29) is 18.2 Å². The molecule has 1 atom stereocenters. The van der Waals surface area contributed by atoms with E-state index in [1.807, 2.05) is 12.1 Å². The maximum Gasteiger partial charge on any atom is 0.303 e. The fourth-order valence-corrected chi connectivity index (χ4v) is 1.47. The second-order valence-electron chi connectivity index (χ2n) is 3.90. The minimum absolute atomic E-state index is 0.0788. The Morgan fingerprint density at radius 2 is 1.88 bits per heavy atom. The van der Waals surface area contributed by atoms with Gasteiger partial charge in [0, 0.05) is 12.5 Å². The molecular formula is C12H17NO3. The average Bonchev–Trinajstić information content (AvgIpc) is 2.25. The number of rotatable bonds is 6. The van der Waals surface area contributed by atoms with Gasteiger partial charge >= 0.3 is 5.97 Å². The summed E-state index contributed by atoms with van der Waals surface area (Å²) < 4.78 is 0. The number of benzene rings is 1. The molecule has 0 amide bonds. The van der Waals surface area contributed by atoms with Gasteiger partial charge in [0.1, 0.15) is 5.75 Å². The Morgan fingerprint density at radius 1 is 1.25 bits per heavy atom. The lowest BCUT2D eigenvalue weighted by atomic mass is 10.0. The number of phenolic OH excluding ortho intramolecular Hbond substituents is 1. The van der Waals surface area contributed by atoms with Crippen molar-refractivity contribution in [3.8, 4) is 5.75 Å². The first-order valence-corrected chi connectivity index (χ1v) is 5.33. The van der Waals surface area contributed by atoms with Gasteiger partial charge in [0.15, 0.2) is 0 Å². The molecule has 1 rings (SSSR count). The molecule has 88 valence electrons. The van der Waals surface area contributed by atoms with Gasteiger partial charge in [-0.05, 0) is 37.0 Å². The summed E-state index contributed by atoms with van der Waals surface area (Å²) in [6.07, 6.45) is 2.20. The van der Waals surface area contributed by atoms with E-state index in [0.29, 0.717) is 6.42 Å². The molecule has 4 N–H and O–H groups in total. The maximum absolute atomic E-state index is 10.3. The van der Waals surface area contributed by atoms with Gasteiger partial charge in [-0.1, -0.05) is 12.1 Å². The quantitative estimate of drug-likeness (QED) is 0.682. The first-order chi connectivity index (χ1) is 7.58. The van der Waals surface area contributed by atoms with Crippen molar-refractivity contribution in [1.82, 2.24) is 0 Å². The lowest BCUT2D eigenvalue weighted by Crippen LogP contribution is -2.21. The fourth-order valence-electron chi connectivity index (χ4n) is 1.47.